The van der Waals surface area contributed by atoms with E-state index >= 15 is 0 Å². The highest BCUT2D eigenvalue weighted by atomic mass is 16.2. The van der Waals surface area contributed by atoms with Gasteiger partial charge in [-0.15, -0.1) is 0 Å². The Balaban J connectivity index is 1.54. The number of aryl methyl sites for hydroxylation is 2. The third-order valence-electron chi connectivity index (χ3n) is 5.29. The summed E-state index contributed by atoms with van der Waals surface area (Å²) >= 11 is 0. The number of piperidine rings is 1. The topological polar surface area (TPSA) is 95.9 Å². The molecule has 1 saturated carbocycles. The van der Waals surface area contributed by atoms with Crippen molar-refractivity contribution in [1.82, 2.24) is 30.0 Å². The summed E-state index contributed by atoms with van der Waals surface area (Å²) in [6.07, 6.45) is 7.05. The summed E-state index contributed by atoms with van der Waals surface area (Å²) in [5.41, 5.74) is 1.24. The van der Waals surface area contributed by atoms with Gasteiger partial charge >= 0.3 is 0 Å². The lowest BCUT2D eigenvalue weighted by Crippen LogP contribution is -2.48. The fraction of sp³-hybridized carbons (Fsp3) is 0.556. The normalized spacial score (nSPS) is 23.3. The molecule has 0 aromatic carbocycles. The first-order valence-corrected chi connectivity index (χ1v) is 9.13. The Labute approximate surface area is 152 Å². The molecule has 2 aliphatic rings. The Hall–Kier alpha value is -2.64. The molecule has 2 fully saturated rings. The van der Waals surface area contributed by atoms with Crippen LogP contribution < -0.4 is 5.32 Å². The third-order valence-corrected chi connectivity index (χ3v) is 5.29. The van der Waals surface area contributed by atoms with E-state index in [0.717, 1.165) is 30.8 Å². The van der Waals surface area contributed by atoms with Crippen LogP contribution in [0.15, 0.2) is 18.5 Å². The van der Waals surface area contributed by atoms with Crippen molar-refractivity contribution in [3.05, 3.63) is 35.7 Å². The zero-order valence-corrected chi connectivity index (χ0v) is 15.1. The van der Waals surface area contributed by atoms with E-state index in [1.54, 1.807) is 12.3 Å². The van der Waals surface area contributed by atoms with E-state index in [2.05, 4.69) is 20.5 Å². The Kier molecular flexibility index (Phi) is 4.26. The third kappa shape index (κ3) is 3.11. The van der Waals surface area contributed by atoms with E-state index in [1.165, 1.54) is 0 Å². The number of carbonyl (C=O) groups excluding carboxylic acids is 2. The van der Waals surface area contributed by atoms with Crippen molar-refractivity contribution >= 4 is 11.8 Å². The molecule has 1 saturated heterocycles. The standard InChI is InChI=1S/C18H24N6O2/c1-11-9-14(22-21-11)18(26)20-10-12-3-6-15(25)24(13-4-5-13)16(12)17-19-7-8-23(17)2/h7-9,12-13,16H,3-6,10H2,1-2H3,(H,20,26)(H,21,22)/t12-,16+/m1/s1. The van der Waals surface area contributed by atoms with Gasteiger partial charge in [-0.1, -0.05) is 0 Å². The zero-order valence-electron chi connectivity index (χ0n) is 15.1. The molecule has 2 aromatic heterocycles. The van der Waals surface area contributed by atoms with Gasteiger partial charge in [0.05, 0.1) is 6.04 Å². The van der Waals surface area contributed by atoms with E-state index in [4.69, 9.17) is 0 Å². The summed E-state index contributed by atoms with van der Waals surface area (Å²) in [6, 6.07) is 1.95. The van der Waals surface area contributed by atoms with Gasteiger partial charge in [-0.3, -0.25) is 14.7 Å². The minimum atomic E-state index is -0.192. The molecule has 8 nitrogen and oxygen atoms in total. The van der Waals surface area contributed by atoms with Gasteiger partial charge in [-0.25, -0.2) is 4.98 Å². The highest BCUT2D eigenvalue weighted by molar-refractivity contribution is 5.92. The summed E-state index contributed by atoms with van der Waals surface area (Å²) < 4.78 is 1.98. The summed E-state index contributed by atoms with van der Waals surface area (Å²) in [5, 5.41) is 9.79. The molecule has 8 heteroatoms. The van der Waals surface area contributed by atoms with Crippen molar-refractivity contribution in [2.75, 3.05) is 6.54 Å². The van der Waals surface area contributed by atoms with Gasteiger partial charge in [-0.05, 0) is 32.3 Å². The average molecular weight is 356 g/mol. The molecule has 3 heterocycles. The maximum atomic E-state index is 12.6. The summed E-state index contributed by atoms with van der Waals surface area (Å²) in [4.78, 5) is 31.5. The van der Waals surface area contributed by atoms with Gasteiger partial charge < -0.3 is 14.8 Å². The van der Waals surface area contributed by atoms with Gasteiger partial charge in [0, 0.05) is 50.1 Å². The molecule has 4 rings (SSSR count). The van der Waals surface area contributed by atoms with Crippen LogP contribution in [0.2, 0.25) is 0 Å². The molecule has 1 aliphatic carbocycles. The average Bonchev–Trinajstić information content (AvgIpc) is 3.22. The number of nitrogens with zero attached hydrogens (tertiary/aromatic N) is 4. The van der Waals surface area contributed by atoms with Crippen molar-refractivity contribution in [3.63, 3.8) is 0 Å². The van der Waals surface area contributed by atoms with Crippen molar-refractivity contribution in [2.24, 2.45) is 13.0 Å². The van der Waals surface area contributed by atoms with Gasteiger partial charge in [-0.2, -0.15) is 5.10 Å². The number of likely N-dealkylation sites (tertiary alicyclic amines) is 1. The molecule has 1 aliphatic heterocycles. The Morgan fingerprint density at radius 2 is 2.19 bits per heavy atom. The first kappa shape index (κ1) is 16.8. The summed E-state index contributed by atoms with van der Waals surface area (Å²) in [6.45, 7) is 2.36. The second-order valence-corrected chi connectivity index (χ2v) is 7.32. The lowest BCUT2D eigenvalue weighted by molar-refractivity contribution is -0.140. The minimum absolute atomic E-state index is 0.0926. The number of amides is 2. The zero-order chi connectivity index (χ0) is 18.3. The Bertz CT molecular complexity index is 821. The van der Waals surface area contributed by atoms with E-state index in [0.29, 0.717) is 24.7 Å². The molecule has 0 radical (unpaired) electrons. The van der Waals surface area contributed by atoms with Crippen LogP contribution in [0.25, 0.3) is 0 Å². The van der Waals surface area contributed by atoms with Crippen LogP contribution in [0, 0.1) is 12.8 Å². The Morgan fingerprint density at radius 3 is 2.81 bits per heavy atom. The molecule has 2 atom stereocenters. The predicted molar refractivity (Wildman–Crippen MR) is 94.2 cm³/mol. The molecule has 0 spiro atoms. The number of aromatic amines is 1. The van der Waals surface area contributed by atoms with Gasteiger partial charge in [0.1, 0.15) is 11.5 Å². The first-order chi connectivity index (χ1) is 12.5. The fourth-order valence-electron chi connectivity index (χ4n) is 3.82. The second kappa shape index (κ2) is 6.59. The molecule has 0 bridgehead atoms. The van der Waals surface area contributed by atoms with Gasteiger partial charge in [0.2, 0.25) is 5.91 Å². The molecule has 2 aromatic rings. The van der Waals surface area contributed by atoms with Crippen LogP contribution in [0.3, 0.4) is 0 Å². The molecule has 2 amide bonds. The molecular formula is C18H24N6O2. The number of aromatic nitrogens is 4. The number of carbonyl (C=O) groups is 2. The molecular weight excluding hydrogens is 332 g/mol. The van der Waals surface area contributed by atoms with Crippen molar-refractivity contribution in [3.8, 4) is 0 Å². The molecule has 26 heavy (non-hydrogen) atoms. The summed E-state index contributed by atoms with van der Waals surface area (Å²) in [5.74, 6) is 1.03. The SMILES string of the molecule is Cc1cc(C(=O)NC[C@H]2CCC(=O)N(C3CC3)[C@@H]2c2nccn2C)n[nH]1. The van der Waals surface area contributed by atoms with E-state index in [-0.39, 0.29) is 23.8 Å². The lowest BCUT2D eigenvalue weighted by Gasteiger charge is -2.41. The fourth-order valence-corrected chi connectivity index (χ4v) is 3.82. The van der Waals surface area contributed by atoms with Crippen LogP contribution >= 0.6 is 0 Å². The monoisotopic (exact) mass is 356 g/mol. The first-order valence-electron chi connectivity index (χ1n) is 9.13. The van der Waals surface area contributed by atoms with Crippen LogP contribution in [0.5, 0.6) is 0 Å². The number of hydrogen-bond acceptors (Lipinski definition) is 4. The second-order valence-electron chi connectivity index (χ2n) is 7.32. The predicted octanol–water partition coefficient (Wildman–Crippen LogP) is 1.32. The maximum Gasteiger partial charge on any atom is 0.271 e. The van der Waals surface area contributed by atoms with E-state index in [9.17, 15) is 9.59 Å². The van der Waals surface area contributed by atoms with Crippen molar-refractivity contribution < 1.29 is 9.59 Å². The van der Waals surface area contributed by atoms with Crippen LogP contribution in [0.1, 0.15) is 53.7 Å². The highest BCUT2D eigenvalue weighted by Gasteiger charge is 2.45. The smallest absolute Gasteiger partial charge is 0.271 e. The minimum Gasteiger partial charge on any atom is -0.350 e. The van der Waals surface area contributed by atoms with Crippen LogP contribution in [-0.4, -0.2) is 49.0 Å². The van der Waals surface area contributed by atoms with Crippen molar-refractivity contribution in [2.45, 2.75) is 44.7 Å². The molecule has 2 N–H and O–H groups in total. The van der Waals surface area contributed by atoms with Gasteiger partial charge in [0.15, 0.2) is 0 Å². The van der Waals surface area contributed by atoms with Gasteiger partial charge in [0.25, 0.3) is 5.91 Å². The van der Waals surface area contributed by atoms with Crippen LogP contribution in [-0.2, 0) is 11.8 Å². The number of imidazole rings is 1. The largest absolute Gasteiger partial charge is 0.350 e. The summed E-state index contributed by atoms with van der Waals surface area (Å²) in [7, 11) is 1.95. The maximum absolute atomic E-state index is 12.6. The van der Waals surface area contributed by atoms with Crippen LogP contribution in [0.4, 0.5) is 0 Å². The number of rotatable bonds is 5. The number of H-pyrrole nitrogens is 1. The number of hydrogen-bond donors (Lipinski definition) is 2. The quantitative estimate of drug-likeness (QED) is 0.845. The highest BCUT2D eigenvalue weighted by Crippen LogP contribution is 2.42. The molecule has 138 valence electrons. The number of nitrogens with one attached hydrogen (secondary N) is 2. The Morgan fingerprint density at radius 1 is 1.38 bits per heavy atom. The van der Waals surface area contributed by atoms with Crippen molar-refractivity contribution in [1.29, 1.82) is 0 Å². The van der Waals surface area contributed by atoms with E-state index in [1.807, 2.05) is 29.6 Å². The molecule has 0 unspecified atom stereocenters. The lowest BCUT2D eigenvalue weighted by atomic mass is 9.87. The van der Waals surface area contributed by atoms with E-state index < -0.39 is 0 Å².